The number of hydrogen-bond acceptors (Lipinski definition) is 14. The molecule has 4 N–H and O–H groups in total. The van der Waals surface area contributed by atoms with Gasteiger partial charge in [0.25, 0.3) is 0 Å². The van der Waals surface area contributed by atoms with Gasteiger partial charge < -0.3 is 34.2 Å². The first-order chi connectivity index (χ1) is 54.2. The minimum Gasteiger partial charge on any atom is -0.463 e. The van der Waals surface area contributed by atoms with Gasteiger partial charge in [0.1, 0.15) is 25.4 Å². The van der Waals surface area contributed by atoms with Gasteiger partial charge in [-0.05, 0) is 141 Å². The van der Waals surface area contributed by atoms with Crippen LogP contribution in [0.3, 0.4) is 0 Å². The molecule has 0 saturated carbocycles. The van der Waals surface area contributed by atoms with Crippen LogP contribution in [0.15, 0.2) is 134 Å². The first kappa shape index (κ1) is 107. The Kier molecular flexibility index (Phi) is 81.8. The summed E-state index contributed by atoms with van der Waals surface area (Å²) in [5.74, 6) is -1.57. The van der Waals surface area contributed by atoms with Crippen LogP contribution in [0.4, 0.5) is 0 Å². The Labute approximate surface area is 677 Å². The molecule has 0 aromatic heterocycles. The third kappa shape index (κ3) is 86.4. The van der Waals surface area contributed by atoms with E-state index in [4.69, 9.17) is 32.3 Å². The van der Waals surface area contributed by atoms with E-state index >= 15 is 0 Å². The summed E-state index contributed by atoms with van der Waals surface area (Å²) in [5, 5.41) is 20.7. The molecular formula is C93H162O16P2. The number of hydrogen-bond donors (Lipinski definition) is 4. The highest BCUT2D eigenvalue weighted by Crippen LogP contribution is 2.45. The number of aliphatic hydroxyl groups excluding tert-OH is 2. The number of ether oxygens (including phenoxy) is 3. The van der Waals surface area contributed by atoms with Crippen LogP contribution in [0.25, 0.3) is 0 Å². The van der Waals surface area contributed by atoms with Crippen molar-refractivity contribution >= 4 is 33.6 Å². The molecular weight excluding hydrogens is 1430 g/mol. The van der Waals surface area contributed by atoms with E-state index in [1.807, 2.05) is 0 Å². The molecule has 0 aliphatic carbocycles. The summed E-state index contributed by atoms with van der Waals surface area (Å²) in [6.45, 7) is 2.57. The number of phosphoric ester groups is 2. The molecule has 0 heterocycles. The van der Waals surface area contributed by atoms with E-state index in [-0.39, 0.29) is 19.3 Å². The third-order valence-electron chi connectivity index (χ3n) is 18.8. The van der Waals surface area contributed by atoms with Crippen LogP contribution in [-0.4, -0.2) is 95.9 Å². The number of esters is 3. The van der Waals surface area contributed by atoms with Gasteiger partial charge in [-0.25, -0.2) is 9.13 Å². The Balaban J connectivity index is 4.49. The lowest BCUT2D eigenvalue weighted by molar-refractivity contribution is -0.161. The molecule has 5 atom stereocenters. The minimum absolute atomic E-state index is 0.0947. The number of unbranched alkanes of at least 4 members (excludes halogenated alkanes) is 39. The standard InChI is InChI=1S/C93H162O16P2/c1-4-7-10-13-16-19-22-25-28-30-32-34-36-38-40-42-43-45-47-48-50-52-54-56-59-61-64-67-70-73-76-79-91(96)103-82-88(94)83-105-110(99,100)106-84-89(95)85-107-111(101,102)108-87-90(109-93(98)81-78-75-72-69-66-63-58-27-24-21-18-15-12-9-6-3)86-104-92(97)80-77-74-71-68-65-62-60-57-55-53-51-49-46-44-41-39-37-35-33-31-29-26-23-20-17-14-11-8-5-2/h7,10,16-17,19-20,25-29,32-35,38-41,43,45,58,88-90,94-95H,4-6,8-9,11-15,18,21-24,30-31,36-37,42,44,46-57,59-87H2,1-3H3,(H,99,100)(H,101,102)/b10-7-,19-16-,20-17-,28-25-,29-26-,34-32-,35-33-,40-38-,41-39-,45-43-,58-27-. The van der Waals surface area contributed by atoms with Crippen LogP contribution >= 0.6 is 15.6 Å². The Hall–Kier alpha value is -4.31. The number of carbonyl (C=O) groups is 3. The van der Waals surface area contributed by atoms with Crippen molar-refractivity contribution in [2.75, 3.05) is 39.6 Å². The van der Waals surface area contributed by atoms with E-state index in [0.29, 0.717) is 19.3 Å². The number of phosphoric acid groups is 2. The molecule has 0 radical (unpaired) electrons. The van der Waals surface area contributed by atoms with E-state index < -0.39 is 91.5 Å². The van der Waals surface area contributed by atoms with Crippen molar-refractivity contribution in [2.45, 2.75) is 399 Å². The van der Waals surface area contributed by atoms with Crippen molar-refractivity contribution in [3.8, 4) is 0 Å². The van der Waals surface area contributed by atoms with Gasteiger partial charge in [-0.2, -0.15) is 0 Å². The zero-order chi connectivity index (χ0) is 80.8. The van der Waals surface area contributed by atoms with Crippen LogP contribution in [0, 0.1) is 0 Å². The first-order valence-corrected chi connectivity index (χ1v) is 47.5. The van der Waals surface area contributed by atoms with E-state index in [9.17, 15) is 43.5 Å². The molecule has 640 valence electrons. The number of rotatable bonds is 84. The average molecular weight is 1600 g/mol. The van der Waals surface area contributed by atoms with Crippen molar-refractivity contribution in [2.24, 2.45) is 0 Å². The second-order valence-corrected chi connectivity index (χ2v) is 32.6. The fourth-order valence-electron chi connectivity index (χ4n) is 12.1. The van der Waals surface area contributed by atoms with Gasteiger partial charge in [0, 0.05) is 19.3 Å². The van der Waals surface area contributed by atoms with Crippen molar-refractivity contribution in [3.05, 3.63) is 134 Å². The van der Waals surface area contributed by atoms with Crippen molar-refractivity contribution < 1.29 is 75.8 Å². The smallest absolute Gasteiger partial charge is 0.463 e. The van der Waals surface area contributed by atoms with Crippen LogP contribution in [0.1, 0.15) is 380 Å². The average Bonchev–Trinajstić information content (AvgIpc) is 0.908. The molecule has 0 bridgehead atoms. The number of aliphatic hydroxyl groups is 2. The second-order valence-electron chi connectivity index (χ2n) is 29.7. The molecule has 0 spiro atoms. The predicted molar refractivity (Wildman–Crippen MR) is 463 cm³/mol. The van der Waals surface area contributed by atoms with Crippen molar-refractivity contribution in [3.63, 3.8) is 0 Å². The summed E-state index contributed by atoms with van der Waals surface area (Å²) < 4.78 is 61.4. The van der Waals surface area contributed by atoms with Crippen LogP contribution in [-0.2, 0) is 55.8 Å². The van der Waals surface area contributed by atoms with Gasteiger partial charge in [-0.1, -0.05) is 353 Å². The molecule has 0 fully saturated rings. The van der Waals surface area contributed by atoms with Gasteiger partial charge in [-0.15, -0.1) is 0 Å². The molecule has 0 saturated heterocycles. The highest BCUT2D eigenvalue weighted by atomic mass is 31.2. The maximum Gasteiger partial charge on any atom is 0.472 e. The van der Waals surface area contributed by atoms with Gasteiger partial charge >= 0.3 is 33.6 Å². The Bertz CT molecular complexity index is 2550. The molecule has 0 aliphatic rings. The molecule has 5 unspecified atom stereocenters. The van der Waals surface area contributed by atoms with Crippen LogP contribution < -0.4 is 0 Å². The van der Waals surface area contributed by atoms with Gasteiger partial charge in [0.2, 0.25) is 0 Å². The molecule has 16 nitrogen and oxygen atoms in total. The number of carbonyl (C=O) groups excluding carboxylic acids is 3. The van der Waals surface area contributed by atoms with Gasteiger partial charge in [0.15, 0.2) is 6.10 Å². The monoisotopic (exact) mass is 1600 g/mol. The Morgan fingerprint density at radius 3 is 0.784 bits per heavy atom. The minimum atomic E-state index is -4.94. The summed E-state index contributed by atoms with van der Waals surface area (Å²) >= 11 is 0. The molecule has 0 amide bonds. The number of allylic oxidation sites excluding steroid dienone is 22. The van der Waals surface area contributed by atoms with Crippen LogP contribution in [0.2, 0.25) is 0 Å². The van der Waals surface area contributed by atoms with E-state index in [2.05, 4.69) is 154 Å². The molecule has 0 aliphatic heterocycles. The summed E-state index contributed by atoms with van der Waals surface area (Å²) in [4.78, 5) is 58.9. The van der Waals surface area contributed by atoms with Crippen LogP contribution in [0.5, 0.6) is 0 Å². The zero-order valence-electron chi connectivity index (χ0n) is 70.4. The highest BCUT2D eigenvalue weighted by molar-refractivity contribution is 7.47. The van der Waals surface area contributed by atoms with Crippen molar-refractivity contribution in [1.29, 1.82) is 0 Å². The maximum atomic E-state index is 13.0. The topological polar surface area (TPSA) is 231 Å². The summed E-state index contributed by atoms with van der Waals surface area (Å²) in [6.07, 6.45) is 105. The lowest BCUT2D eigenvalue weighted by Gasteiger charge is -2.21. The highest BCUT2D eigenvalue weighted by Gasteiger charge is 2.29. The molecule has 0 aromatic rings. The van der Waals surface area contributed by atoms with E-state index in [1.54, 1.807) is 0 Å². The van der Waals surface area contributed by atoms with Gasteiger partial charge in [0.05, 0.1) is 26.4 Å². The quantitative estimate of drug-likeness (QED) is 0.0146. The Morgan fingerprint density at radius 2 is 0.477 bits per heavy atom. The zero-order valence-corrected chi connectivity index (χ0v) is 72.1. The lowest BCUT2D eigenvalue weighted by Crippen LogP contribution is -2.30. The lowest BCUT2D eigenvalue weighted by atomic mass is 10.0. The molecule has 18 heteroatoms. The van der Waals surface area contributed by atoms with Crippen molar-refractivity contribution in [1.82, 2.24) is 0 Å². The van der Waals surface area contributed by atoms with Gasteiger partial charge in [-0.3, -0.25) is 32.5 Å². The SMILES string of the molecule is CC/C=C\C/C=C\C/C=C\C/C=C\C/C=C\C/C=C\CCCCCCCCCCCCCCC(=O)OCC(O)COP(=O)(O)OCC(O)COP(=O)(O)OCC(COC(=O)CCCCCCCCCCCCCCC/C=C\C/C=C\C/C=C\C/C=C\CCCCC)OC(=O)CCCCCCC/C=C\CCCCCCCC. The predicted octanol–water partition coefficient (Wildman–Crippen LogP) is 27.0. The Morgan fingerprint density at radius 1 is 0.261 bits per heavy atom. The molecule has 111 heavy (non-hydrogen) atoms. The largest absolute Gasteiger partial charge is 0.472 e. The first-order valence-electron chi connectivity index (χ1n) is 44.5. The second kappa shape index (κ2) is 85.1. The summed E-state index contributed by atoms with van der Waals surface area (Å²) in [5.41, 5.74) is 0. The molecule has 0 aromatic carbocycles. The van der Waals surface area contributed by atoms with E-state index in [0.717, 1.165) is 148 Å². The fourth-order valence-corrected chi connectivity index (χ4v) is 13.7. The fraction of sp³-hybridized carbons (Fsp3) is 0.731. The third-order valence-corrected chi connectivity index (χ3v) is 20.7. The maximum absolute atomic E-state index is 13.0. The molecule has 0 rings (SSSR count). The normalized spacial score (nSPS) is 14.5. The van der Waals surface area contributed by atoms with E-state index in [1.165, 1.54) is 173 Å². The summed E-state index contributed by atoms with van der Waals surface area (Å²) in [7, 11) is -9.80. The summed E-state index contributed by atoms with van der Waals surface area (Å²) in [6, 6.07) is 0.